The molecule has 3 N–H and O–H groups in total. The van der Waals surface area contributed by atoms with Crippen molar-refractivity contribution in [1.29, 1.82) is 0 Å². The van der Waals surface area contributed by atoms with E-state index in [1.807, 2.05) is 38.1 Å². The van der Waals surface area contributed by atoms with Crippen LogP contribution in [0.2, 0.25) is 0 Å². The molecule has 1 heterocycles. The van der Waals surface area contributed by atoms with Gasteiger partial charge in [-0.15, -0.1) is 0 Å². The first kappa shape index (κ1) is 20.4. The maximum Gasteiger partial charge on any atom is 0.246 e. The van der Waals surface area contributed by atoms with E-state index in [0.717, 1.165) is 11.3 Å². The molecule has 0 saturated carbocycles. The summed E-state index contributed by atoms with van der Waals surface area (Å²) in [5.74, 6) is 0.566. The van der Waals surface area contributed by atoms with Gasteiger partial charge in [-0.05, 0) is 37.6 Å². The number of nitrogens with one attached hydrogen (secondary N) is 3. The number of carbonyl (C=O) groups is 1. The number of ether oxygens (including phenoxy) is 1. The standard InChI is InChI=1S/C19H28N6O2/c1-19(2,27-4)14-22-18(20-3)21-12-15-7-5-8-16(11-15)24-17(26)13-25-10-6-9-23-25/h5-11H,12-14H2,1-4H3,(H,24,26)(H2,20,21,22). The van der Waals surface area contributed by atoms with Crippen LogP contribution in [0.25, 0.3) is 0 Å². The van der Waals surface area contributed by atoms with E-state index >= 15 is 0 Å². The van der Waals surface area contributed by atoms with Crippen molar-refractivity contribution in [2.75, 3.05) is 26.0 Å². The number of anilines is 1. The van der Waals surface area contributed by atoms with Gasteiger partial charge in [-0.1, -0.05) is 12.1 Å². The normalized spacial score (nSPS) is 11.9. The van der Waals surface area contributed by atoms with Gasteiger partial charge in [-0.3, -0.25) is 14.5 Å². The number of aromatic nitrogens is 2. The van der Waals surface area contributed by atoms with E-state index in [4.69, 9.17) is 4.74 Å². The van der Waals surface area contributed by atoms with Crippen molar-refractivity contribution in [1.82, 2.24) is 20.4 Å². The fourth-order valence-electron chi connectivity index (χ4n) is 2.28. The molecule has 0 atom stereocenters. The predicted octanol–water partition coefficient (Wildman–Crippen LogP) is 1.61. The lowest BCUT2D eigenvalue weighted by Gasteiger charge is -2.24. The second-order valence-corrected chi connectivity index (χ2v) is 6.70. The number of methoxy groups -OCH3 is 1. The molecule has 0 aliphatic heterocycles. The second kappa shape index (κ2) is 9.72. The molecule has 0 unspecified atom stereocenters. The maximum atomic E-state index is 12.1. The number of guanidine groups is 1. The Morgan fingerprint density at radius 2 is 2.11 bits per heavy atom. The summed E-state index contributed by atoms with van der Waals surface area (Å²) < 4.78 is 6.98. The van der Waals surface area contributed by atoms with Crippen LogP contribution in [0.1, 0.15) is 19.4 Å². The highest BCUT2D eigenvalue weighted by molar-refractivity contribution is 5.90. The van der Waals surface area contributed by atoms with Crippen LogP contribution in [0.5, 0.6) is 0 Å². The number of nitrogens with zero attached hydrogens (tertiary/aromatic N) is 3. The Morgan fingerprint density at radius 3 is 2.78 bits per heavy atom. The van der Waals surface area contributed by atoms with Crippen LogP contribution in [0.15, 0.2) is 47.7 Å². The average molecular weight is 372 g/mol. The van der Waals surface area contributed by atoms with Crippen molar-refractivity contribution >= 4 is 17.6 Å². The molecule has 0 fully saturated rings. The van der Waals surface area contributed by atoms with Crippen molar-refractivity contribution in [2.45, 2.75) is 32.5 Å². The molecule has 0 spiro atoms. The lowest BCUT2D eigenvalue weighted by molar-refractivity contribution is -0.116. The third-order valence-electron chi connectivity index (χ3n) is 3.99. The van der Waals surface area contributed by atoms with Gasteiger partial charge in [-0.25, -0.2) is 0 Å². The number of aliphatic imine (C=N–C) groups is 1. The van der Waals surface area contributed by atoms with Crippen molar-refractivity contribution in [2.24, 2.45) is 4.99 Å². The van der Waals surface area contributed by atoms with Gasteiger partial charge in [0.05, 0.1) is 5.60 Å². The molecule has 1 aromatic carbocycles. The smallest absolute Gasteiger partial charge is 0.246 e. The predicted molar refractivity (Wildman–Crippen MR) is 107 cm³/mol. The van der Waals surface area contributed by atoms with Crippen LogP contribution >= 0.6 is 0 Å². The van der Waals surface area contributed by atoms with Gasteiger partial charge in [0.2, 0.25) is 5.91 Å². The summed E-state index contributed by atoms with van der Waals surface area (Å²) >= 11 is 0. The molecule has 2 rings (SSSR count). The third kappa shape index (κ3) is 7.10. The van der Waals surface area contributed by atoms with E-state index < -0.39 is 0 Å². The number of amides is 1. The molecule has 2 aromatic rings. The van der Waals surface area contributed by atoms with Crippen LogP contribution in [0.3, 0.4) is 0 Å². The Bertz CT molecular complexity index is 755. The van der Waals surface area contributed by atoms with Gasteiger partial charge in [-0.2, -0.15) is 5.10 Å². The summed E-state index contributed by atoms with van der Waals surface area (Å²) in [6, 6.07) is 9.47. The molecule has 0 aliphatic rings. The Balaban J connectivity index is 1.86. The first-order valence-corrected chi connectivity index (χ1v) is 8.78. The molecule has 1 aromatic heterocycles. The molecule has 146 valence electrons. The number of benzene rings is 1. The Kier molecular flexibility index (Phi) is 7.36. The van der Waals surface area contributed by atoms with E-state index in [-0.39, 0.29) is 18.1 Å². The van der Waals surface area contributed by atoms with E-state index in [1.165, 1.54) is 0 Å². The average Bonchev–Trinajstić information content (AvgIpc) is 3.15. The Labute approximate surface area is 160 Å². The zero-order valence-electron chi connectivity index (χ0n) is 16.3. The summed E-state index contributed by atoms with van der Waals surface area (Å²) in [5.41, 5.74) is 1.49. The van der Waals surface area contributed by atoms with Gasteiger partial charge in [0, 0.05) is 45.3 Å². The molecule has 27 heavy (non-hydrogen) atoms. The van der Waals surface area contributed by atoms with Crippen LogP contribution in [-0.2, 0) is 22.6 Å². The molecule has 0 aliphatic carbocycles. The summed E-state index contributed by atoms with van der Waals surface area (Å²) in [5, 5.41) is 13.4. The van der Waals surface area contributed by atoms with Crippen molar-refractivity contribution in [3.05, 3.63) is 48.3 Å². The molecule has 8 heteroatoms. The maximum absolute atomic E-state index is 12.1. The quantitative estimate of drug-likeness (QED) is 0.484. The fraction of sp³-hybridized carbons (Fsp3) is 0.421. The van der Waals surface area contributed by atoms with E-state index in [9.17, 15) is 4.79 Å². The van der Waals surface area contributed by atoms with Gasteiger partial charge in [0.1, 0.15) is 6.54 Å². The largest absolute Gasteiger partial charge is 0.377 e. The van der Waals surface area contributed by atoms with E-state index in [1.54, 1.807) is 37.3 Å². The highest BCUT2D eigenvalue weighted by atomic mass is 16.5. The minimum Gasteiger partial charge on any atom is -0.377 e. The summed E-state index contributed by atoms with van der Waals surface area (Å²) in [7, 11) is 3.41. The molecule has 0 bridgehead atoms. The number of rotatable bonds is 8. The molecule has 0 radical (unpaired) electrons. The molecule has 1 amide bonds. The monoisotopic (exact) mass is 372 g/mol. The molecule has 0 saturated heterocycles. The summed E-state index contributed by atoms with van der Waals surface area (Å²) in [6.07, 6.45) is 3.40. The number of hydrogen-bond acceptors (Lipinski definition) is 4. The van der Waals surface area contributed by atoms with Crippen molar-refractivity contribution in [3.8, 4) is 0 Å². The Hall–Kier alpha value is -2.87. The highest BCUT2D eigenvalue weighted by Crippen LogP contribution is 2.11. The lowest BCUT2D eigenvalue weighted by Crippen LogP contribution is -2.45. The van der Waals surface area contributed by atoms with Gasteiger partial charge in [0.15, 0.2) is 5.96 Å². The van der Waals surface area contributed by atoms with Gasteiger partial charge >= 0.3 is 0 Å². The SMILES string of the molecule is CN=C(NCc1cccc(NC(=O)Cn2cccn2)c1)NCC(C)(C)OC. The van der Waals surface area contributed by atoms with Crippen LogP contribution in [0.4, 0.5) is 5.69 Å². The number of hydrogen-bond donors (Lipinski definition) is 3. The topological polar surface area (TPSA) is 92.6 Å². The molecule has 8 nitrogen and oxygen atoms in total. The highest BCUT2D eigenvalue weighted by Gasteiger charge is 2.16. The van der Waals surface area contributed by atoms with Gasteiger partial charge in [0.25, 0.3) is 0 Å². The summed E-state index contributed by atoms with van der Waals surface area (Å²) in [4.78, 5) is 16.3. The minimum atomic E-state index is -0.281. The lowest BCUT2D eigenvalue weighted by atomic mass is 10.1. The minimum absolute atomic E-state index is 0.122. The first-order valence-electron chi connectivity index (χ1n) is 8.78. The summed E-state index contributed by atoms with van der Waals surface area (Å²) in [6.45, 7) is 5.40. The molecular weight excluding hydrogens is 344 g/mol. The van der Waals surface area contributed by atoms with E-state index in [2.05, 4.69) is 26.0 Å². The van der Waals surface area contributed by atoms with Crippen LogP contribution < -0.4 is 16.0 Å². The van der Waals surface area contributed by atoms with Crippen LogP contribution in [0, 0.1) is 0 Å². The van der Waals surface area contributed by atoms with Gasteiger partial charge < -0.3 is 20.7 Å². The van der Waals surface area contributed by atoms with Crippen LogP contribution in [-0.4, -0.2) is 48.0 Å². The fourth-order valence-corrected chi connectivity index (χ4v) is 2.28. The third-order valence-corrected chi connectivity index (χ3v) is 3.99. The zero-order chi connectivity index (χ0) is 19.7. The van der Waals surface area contributed by atoms with E-state index in [0.29, 0.717) is 19.0 Å². The number of carbonyl (C=O) groups excluding carboxylic acids is 1. The molecular formula is C19H28N6O2. The zero-order valence-corrected chi connectivity index (χ0v) is 16.3. The van der Waals surface area contributed by atoms with Crippen molar-refractivity contribution < 1.29 is 9.53 Å². The first-order chi connectivity index (χ1) is 12.9. The Morgan fingerprint density at radius 1 is 1.30 bits per heavy atom. The second-order valence-electron chi connectivity index (χ2n) is 6.70. The van der Waals surface area contributed by atoms with Crippen molar-refractivity contribution in [3.63, 3.8) is 0 Å².